The van der Waals surface area contributed by atoms with Crippen LogP contribution in [0.1, 0.15) is 6.92 Å². The van der Waals surface area contributed by atoms with Gasteiger partial charge in [0, 0.05) is 13.1 Å². The molecule has 0 aliphatic carbocycles. The van der Waals surface area contributed by atoms with Gasteiger partial charge < -0.3 is 4.90 Å². The maximum absolute atomic E-state index is 11.3. The van der Waals surface area contributed by atoms with E-state index in [1.807, 2.05) is 0 Å². The Hall–Kier alpha value is -0.840. The van der Waals surface area contributed by atoms with Crippen LogP contribution >= 0.6 is 0 Å². The van der Waals surface area contributed by atoms with Gasteiger partial charge in [0.1, 0.15) is 0 Å². The Bertz CT molecular complexity index is 320. The Balaban J connectivity index is 2.71. The Morgan fingerprint density at radius 1 is 1.62 bits per heavy atom. The highest BCUT2D eigenvalue weighted by atomic mass is 32.2. The Morgan fingerprint density at radius 2 is 2.23 bits per heavy atom. The molecule has 1 saturated heterocycles. The van der Waals surface area contributed by atoms with Crippen LogP contribution in [-0.4, -0.2) is 43.3 Å². The van der Waals surface area contributed by atoms with E-state index in [4.69, 9.17) is 0 Å². The zero-order valence-corrected chi connectivity index (χ0v) is 8.38. The maximum Gasteiger partial charge on any atom is 0.246 e. The van der Waals surface area contributed by atoms with E-state index in [-0.39, 0.29) is 24.7 Å². The molecule has 13 heavy (non-hydrogen) atoms. The van der Waals surface area contributed by atoms with Crippen molar-refractivity contribution in [3.05, 3.63) is 12.7 Å². The first kappa shape index (κ1) is 10.2. The van der Waals surface area contributed by atoms with E-state index in [2.05, 4.69) is 6.58 Å². The molecule has 0 aromatic carbocycles. The molecule has 0 radical (unpaired) electrons. The predicted octanol–water partition coefficient (Wildman–Crippen LogP) is -0.182. The average molecular weight is 203 g/mol. The van der Waals surface area contributed by atoms with E-state index in [0.717, 1.165) is 0 Å². The minimum absolute atomic E-state index is 0.0632. The van der Waals surface area contributed by atoms with Gasteiger partial charge in [0.05, 0.1) is 11.0 Å². The van der Waals surface area contributed by atoms with Crippen molar-refractivity contribution in [1.29, 1.82) is 0 Å². The highest BCUT2D eigenvalue weighted by molar-refractivity contribution is 7.92. The van der Waals surface area contributed by atoms with Gasteiger partial charge in [-0.25, -0.2) is 8.42 Å². The molecule has 0 unspecified atom stereocenters. The van der Waals surface area contributed by atoms with Crippen molar-refractivity contribution in [2.45, 2.75) is 12.2 Å². The summed E-state index contributed by atoms with van der Waals surface area (Å²) in [4.78, 5) is 12.6. The fraction of sp³-hybridized carbons (Fsp3) is 0.625. The summed E-state index contributed by atoms with van der Waals surface area (Å²) in [5, 5.41) is -0.454. The molecule has 0 bridgehead atoms. The van der Waals surface area contributed by atoms with Crippen molar-refractivity contribution >= 4 is 15.7 Å². The summed E-state index contributed by atoms with van der Waals surface area (Å²) in [5.74, 6) is -0.130. The number of hydrogen-bond acceptors (Lipinski definition) is 3. The fourth-order valence-electron chi connectivity index (χ4n) is 1.28. The van der Waals surface area contributed by atoms with Crippen molar-refractivity contribution < 1.29 is 13.2 Å². The van der Waals surface area contributed by atoms with E-state index in [9.17, 15) is 13.2 Å². The Labute approximate surface area is 78.1 Å². The SMILES string of the molecule is C=CC(=O)N1CCS(=O)(=O)[C@H](C)C1. The predicted molar refractivity (Wildman–Crippen MR) is 50.0 cm³/mol. The first-order valence-corrected chi connectivity index (χ1v) is 5.82. The van der Waals surface area contributed by atoms with Gasteiger partial charge in [0.25, 0.3) is 0 Å². The second-order valence-electron chi connectivity index (χ2n) is 3.17. The first-order valence-electron chi connectivity index (χ1n) is 4.10. The molecule has 1 aliphatic heterocycles. The topological polar surface area (TPSA) is 54.5 Å². The third-order valence-electron chi connectivity index (χ3n) is 2.22. The molecule has 1 amide bonds. The lowest BCUT2D eigenvalue weighted by atomic mass is 10.3. The Kier molecular flexibility index (Phi) is 2.75. The maximum atomic E-state index is 11.3. The standard InChI is InChI=1S/C8H13NO3S/c1-3-8(10)9-4-5-13(11,12)7(2)6-9/h3,7H,1,4-6H2,2H3/t7-/m1/s1. The van der Waals surface area contributed by atoms with Crippen LogP contribution < -0.4 is 0 Å². The molecule has 74 valence electrons. The molecule has 4 nitrogen and oxygen atoms in total. The van der Waals surface area contributed by atoms with Crippen LogP contribution in [0.3, 0.4) is 0 Å². The summed E-state index contributed by atoms with van der Waals surface area (Å²) in [6.07, 6.45) is 1.21. The summed E-state index contributed by atoms with van der Waals surface area (Å²) >= 11 is 0. The number of carbonyl (C=O) groups is 1. The smallest absolute Gasteiger partial charge is 0.246 e. The monoisotopic (exact) mass is 203 g/mol. The quantitative estimate of drug-likeness (QED) is 0.555. The molecule has 0 saturated carbocycles. The first-order chi connectivity index (χ1) is 5.97. The second kappa shape index (κ2) is 3.49. The van der Waals surface area contributed by atoms with Crippen LogP contribution in [0.15, 0.2) is 12.7 Å². The van der Waals surface area contributed by atoms with E-state index in [0.29, 0.717) is 0 Å². The van der Waals surface area contributed by atoms with Crippen molar-refractivity contribution in [1.82, 2.24) is 4.90 Å². The molecule has 0 aromatic heterocycles. The van der Waals surface area contributed by atoms with Crippen LogP contribution in [0.5, 0.6) is 0 Å². The molecule has 0 N–H and O–H groups in total. The van der Waals surface area contributed by atoms with Gasteiger partial charge in [-0.05, 0) is 13.0 Å². The summed E-state index contributed by atoms with van der Waals surface area (Å²) in [5.41, 5.74) is 0. The van der Waals surface area contributed by atoms with Crippen molar-refractivity contribution in [3.63, 3.8) is 0 Å². The van der Waals surface area contributed by atoms with Crippen LogP contribution in [-0.2, 0) is 14.6 Å². The number of amides is 1. The summed E-state index contributed by atoms with van der Waals surface area (Å²) < 4.78 is 22.5. The van der Waals surface area contributed by atoms with Crippen LogP contribution in [0.2, 0.25) is 0 Å². The molecule has 1 heterocycles. The lowest BCUT2D eigenvalue weighted by Crippen LogP contribution is -2.47. The Morgan fingerprint density at radius 3 is 2.69 bits per heavy atom. The van der Waals surface area contributed by atoms with Crippen LogP contribution in [0, 0.1) is 0 Å². The lowest BCUT2D eigenvalue weighted by molar-refractivity contribution is -0.125. The number of carbonyl (C=O) groups excluding carboxylic acids is 1. The van der Waals surface area contributed by atoms with Crippen molar-refractivity contribution in [2.75, 3.05) is 18.8 Å². The van der Waals surface area contributed by atoms with E-state index < -0.39 is 15.1 Å². The fourth-order valence-corrected chi connectivity index (χ4v) is 2.57. The molecule has 0 spiro atoms. The molecule has 0 aromatic rings. The summed E-state index contributed by atoms with van der Waals surface area (Å²) in [7, 11) is -2.96. The summed E-state index contributed by atoms with van der Waals surface area (Å²) in [6, 6.07) is 0. The van der Waals surface area contributed by atoms with Crippen molar-refractivity contribution in [3.8, 4) is 0 Å². The van der Waals surface area contributed by atoms with Gasteiger partial charge in [-0.15, -0.1) is 0 Å². The molecule has 5 heteroatoms. The van der Waals surface area contributed by atoms with Crippen LogP contribution in [0.25, 0.3) is 0 Å². The normalized spacial score (nSPS) is 26.8. The minimum atomic E-state index is -2.96. The number of rotatable bonds is 1. The van der Waals surface area contributed by atoms with Gasteiger partial charge in [-0.2, -0.15) is 0 Å². The number of nitrogens with zero attached hydrogens (tertiary/aromatic N) is 1. The van der Waals surface area contributed by atoms with Gasteiger partial charge >= 0.3 is 0 Å². The zero-order valence-electron chi connectivity index (χ0n) is 7.56. The molecule has 1 rings (SSSR count). The van der Waals surface area contributed by atoms with Gasteiger partial charge in [0.15, 0.2) is 9.84 Å². The lowest BCUT2D eigenvalue weighted by Gasteiger charge is -2.29. The summed E-state index contributed by atoms with van der Waals surface area (Å²) in [6.45, 7) is 5.55. The van der Waals surface area contributed by atoms with Crippen LogP contribution in [0.4, 0.5) is 0 Å². The number of hydrogen-bond donors (Lipinski definition) is 0. The van der Waals surface area contributed by atoms with Crippen molar-refractivity contribution in [2.24, 2.45) is 0 Å². The minimum Gasteiger partial charge on any atom is -0.337 e. The highest BCUT2D eigenvalue weighted by Crippen LogP contribution is 2.11. The van der Waals surface area contributed by atoms with Gasteiger partial charge in [0.2, 0.25) is 5.91 Å². The zero-order chi connectivity index (χ0) is 10.1. The van der Waals surface area contributed by atoms with Gasteiger partial charge in [-0.1, -0.05) is 6.58 Å². The number of sulfone groups is 1. The molecule has 1 fully saturated rings. The third-order valence-corrected chi connectivity index (χ3v) is 4.35. The average Bonchev–Trinajstić information content (AvgIpc) is 2.08. The van der Waals surface area contributed by atoms with E-state index in [1.165, 1.54) is 11.0 Å². The highest BCUT2D eigenvalue weighted by Gasteiger charge is 2.30. The molecule has 1 aliphatic rings. The molecular weight excluding hydrogens is 190 g/mol. The van der Waals surface area contributed by atoms with E-state index in [1.54, 1.807) is 6.92 Å². The largest absolute Gasteiger partial charge is 0.337 e. The second-order valence-corrected chi connectivity index (χ2v) is 5.70. The molecule has 1 atom stereocenters. The van der Waals surface area contributed by atoms with Gasteiger partial charge in [-0.3, -0.25) is 4.79 Å². The third kappa shape index (κ3) is 2.09. The molecular formula is C8H13NO3S. The van der Waals surface area contributed by atoms with E-state index >= 15 is 0 Å².